The molecule has 2 aromatic heterocycles. The lowest BCUT2D eigenvalue weighted by atomic mass is 9.94. The lowest BCUT2D eigenvalue weighted by Crippen LogP contribution is -2.47. The summed E-state index contributed by atoms with van der Waals surface area (Å²) in [6, 6.07) is 3.18. The summed E-state index contributed by atoms with van der Waals surface area (Å²) in [5.74, 6) is -0.960. The van der Waals surface area contributed by atoms with Gasteiger partial charge in [0.2, 0.25) is 5.95 Å². The Balaban J connectivity index is 1.26. The van der Waals surface area contributed by atoms with E-state index in [-0.39, 0.29) is 36.0 Å². The van der Waals surface area contributed by atoms with Crippen LogP contribution >= 0.6 is 0 Å². The molecule has 254 valence electrons. The van der Waals surface area contributed by atoms with Gasteiger partial charge in [-0.2, -0.15) is 4.98 Å². The standard InChI is InChI=1S/C33H44F2N8O4/c1-8-43(22-11-13-41(14-12-22)30-39-28(40-47-30)32(2,3)4)27(44)20-16-36-29(37-17-20)42-18-24(23-15-21(34)9-10-25(23)35)26(19-42)38-31(45)46-33(5,6)7/h9-10,15-17,22,24,26H,8,11-14,18-19H2,1-7H3,(H,38,45). The van der Waals surface area contributed by atoms with Crippen molar-refractivity contribution in [3.05, 3.63) is 59.2 Å². The molecule has 2 aliphatic heterocycles. The Morgan fingerprint density at radius 3 is 2.32 bits per heavy atom. The highest BCUT2D eigenvalue weighted by atomic mass is 19.1. The van der Waals surface area contributed by atoms with Crippen LogP contribution in [0.4, 0.5) is 25.5 Å². The van der Waals surface area contributed by atoms with Gasteiger partial charge in [-0.05, 0) is 64.3 Å². The minimum absolute atomic E-state index is 0.0219. The average molecular weight is 655 g/mol. The zero-order valence-corrected chi connectivity index (χ0v) is 28.1. The quantitative estimate of drug-likeness (QED) is 0.369. The van der Waals surface area contributed by atoms with Crippen LogP contribution in [0.3, 0.4) is 0 Å². The number of amides is 2. The van der Waals surface area contributed by atoms with Gasteiger partial charge in [-0.25, -0.2) is 23.5 Å². The van der Waals surface area contributed by atoms with Crippen LogP contribution in [0.1, 0.15) is 89.0 Å². The number of hydrogen-bond acceptors (Lipinski definition) is 10. The van der Waals surface area contributed by atoms with Crippen LogP contribution in [0.15, 0.2) is 35.1 Å². The van der Waals surface area contributed by atoms with Crippen molar-refractivity contribution in [3.8, 4) is 0 Å². The van der Waals surface area contributed by atoms with Gasteiger partial charge in [0.1, 0.15) is 17.2 Å². The van der Waals surface area contributed by atoms with E-state index in [9.17, 15) is 18.4 Å². The summed E-state index contributed by atoms with van der Waals surface area (Å²) in [6.07, 6.45) is 3.79. The van der Waals surface area contributed by atoms with Crippen molar-refractivity contribution in [2.24, 2.45) is 0 Å². The molecule has 2 saturated heterocycles. The van der Waals surface area contributed by atoms with Crippen LogP contribution in [-0.2, 0) is 10.2 Å². The first kappa shape index (κ1) is 34.0. The molecule has 1 N–H and O–H groups in total. The number of ether oxygens (including phenoxy) is 1. The Hall–Kier alpha value is -4.36. The minimum atomic E-state index is -0.735. The highest BCUT2D eigenvalue weighted by molar-refractivity contribution is 5.94. The lowest BCUT2D eigenvalue weighted by molar-refractivity contribution is 0.0504. The number of carbonyl (C=O) groups is 2. The second-order valence-electron chi connectivity index (χ2n) is 14.2. The van der Waals surface area contributed by atoms with Crippen LogP contribution in [0.5, 0.6) is 0 Å². The molecule has 2 aliphatic rings. The Labute approximate surface area is 273 Å². The third-order valence-corrected chi connectivity index (χ3v) is 8.41. The number of carbonyl (C=O) groups excluding carboxylic acids is 2. The van der Waals surface area contributed by atoms with E-state index in [0.29, 0.717) is 43.0 Å². The predicted octanol–water partition coefficient (Wildman–Crippen LogP) is 5.06. The number of alkyl carbamates (subject to hydrolysis) is 1. The first-order chi connectivity index (χ1) is 22.1. The number of anilines is 2. The Morgan fingerprint density at radius 1 is 1.04 bits per heavy atom. The third-order valence-electron chi connectivity index (χ3n) is 8.41. The summed E-state index contributed by atoms with van der Waals surface area (Å²) < 4.78 is 40.0. The number of benzene rings is 1. The zero-order valence-electron chi connectivity index (χ0n) is 28.1. The molecular weight excluding hydrogens is 610 g/mol. The monoisotopic (exact) mass is 654 g/mol. The maximum atomic E-state index is 14.9. The molecule has 47 heavy (non-hydrogen) atoms. The molecule has 1 aromatic carbocycles. The van der Waals surface area contributed by atoms with E-state index >= 15 is 0 Å². The smallest absolute Gasteiger partial charge is 0.407 e. The van der Waals surface area contributed by atoms with Gasteiger partial charge in [0.05, 0.1) is 11.6 Å². The highest BCUT2D eigenvalue weighted by Gasteiger charge is 2.39. The topological polar surface area (TPSA) is 130 Å². The van der Waals surface area contributed by atoms with Crippen molar-refractivity contribution in [2.75, 3.05) is 42.5 Å². The molecule has 5 rings (SSSR count). The molecule has 4 heterocycles. The van der Waals surface area contributed by atoms with Crippen LogP contribution in [0.2, 0.25) is 0 Å². The molecule has 0 aliphatic carbocycles. The number of hydrogen-bond donors (Lipinski definition) is 1. The fourth-order valence-electron chi connectivity index (χ4n) is 6.03. The van der Waals surface area contributed by atoms with Gasteiger partial charge >= 0.3 is 12.1 Å². The molecule has 2 fully saturated rings. The summed E-state index contributed by atoms with van der Waals surface area (Å²) >= 11 is 0. The molecule has 0 radical (unpaired) electrons. The molecule has 3 aromatic rings. The SMILES string of the molecule is CCN(C(=O)c1cnc(N2CC(NC(=O)OC(C)(C)C)C(c3cc(F)ccc3F)C2)nc1)C1CCN(c2nc(C(C)(C)C)no2)CC1. The Morgan fingerprint density at radius 2 is 1.72 bits per heavy atom. The third kappa shape index (κ3) is 7.96. The van der Waals surface area contributed by atoms with Crippen LogP contribution < -0.4 is 15.1 Å². The van der Waals surface area contributed by atoms with Crippen LogP contribution in [0, 0.1) is 11.6 Å². The van der Waals surface area contributed by atoms with Gasteiger partial charge in [0, 0.05) is 62.5 Å². The largest absolute Gasteiger partial charge is 0.444 e. The fourth-order valence-corrected chi connectivity index (χ4v) is 6.03. The first-order valence-electron chi connectivity index (χ1n) is 16.0. The highest BCUT2D eigenvalue weighted by Crippen LogP contribution is 2.32. The first-order valence-corrected chi connectivity index (χ1v) is 16.0. The van der Waals surface area contributed by atoms with Crippen LogP contribution in [-0.4, -0.2) is 87.4 Å². The summed E-state index contributed by atoms with van der Waals surface area (Å²) in [6.45, 7) is 15.6. The van der Waals surface area contributed by atoms with Gasteiger partial charge in [0.15, 0.2) is 5.82 Å². The molecule has 0 saturated carbocycles. The van der Waals surface area contributed by atoms with Gasteiger partial charge in [-0.1, -0.05) is 25.9 Å². The lowest BCUT2D eigenvalue weighted by Gasteiger charge is -2.37. The number of halogens is 2. The van der Waals surface area contributed by atoms with E-state index in [4.69, 9.17) is 9.26 Å². The summed E-state index contributed by atoms with van der Waals surface area (Å²) in [4.78, 5) is 45.4. The van der Waals surface area contributed by atoms with Crippen LogP contribution in [0.25, 0.3) is 0 Å². The Bertz CT molecular complexity index is 1560. The maximum absolute atomic E-state index is 14.9. The second kappa shape index (κ2) is 13.4. The van der Waals surface area contributed by atoms with E-state index in [2.05, 4.69) is 30.3 Å². The second-order valence-corrected chi connectivity index (χ2v) is 14.2. The normalized spacial score (nSPS) is 19.2. The van der Waals surface area contributed by atoms with Crippen molar-refractivity contribution in [2.45, 2.75) is 90.3 Å². The van der Waals surface area contributed by atoms with Crippen molar-refractivity contribution in [1.29, 1.82) is 0 Å². The number of nitrogens with zero attached hydrogens (tertiary/aromatic N) is 7. The summed E-state index contributed by atoms with van der Waals surface area (Å²) in [7, 11) is 0. The van der Waals surface area contributed by atoms with Crippen molar-refractivity contribution in [3.63, 3.8) is 0 Å². The molecule has 0 spiro atoms. The molecule has 0 bridgehead atoms. The molecule has 12 nitrogen and oxygen atoms in total. The van der Waals surface area contributed by atoms with E-state index in [1.807, 2.05) is 32.6 Å². The Kier molecular flexibility index (Phi) is 9.69. The molecule has 2 unspecified atom stereocenters. The van der Waals surface area contributed by atoms with E-state index in [1.54, 1.807) is 25.7 Å². The number of aromatic nitrogens is 4. The van der Waals surface area contributed by atoms with Gasteiger partial charge in [0.25, 0.3) is 5.91 Å². The average Bonchev–Trinajstić information content (AvgIpc) is 3.67. The number of piperidine rings is 1. The van der Waals surface area contributed by atoms with Crippen molar-refractivity contribution >= 4 is 24.0 Å². The van der Waals surface area contributed by atoms with E-state index in [1.165, 1.54) is 12.4 Å². The molecular formula is C33H44F2N8O4. The minimum Gasteiger partial charge on any atom is -0.444 e. The van der Waals surface area contributed by atoms with Gasteiger partial charge < -0.3 is 29.3 Å². The molecule has 2 atom stereocenters. The molecule has 14 heteroatoms. The summed E-state index contributed by atoms with van der Waals surface area (Å²) in [5, 5.41) is 6.94. The summed E-state index contributed by atoms with van der Waals surface area (Å²) in [5.41, 5.74) is -0.461. The molecule has 2 amide bonds. The number of rotatable bonds is 7. The van der Waals surface area contributed by atoms with Crippen molar-refractivity contribution in [1.82, 2.24) is 30.3 Å². The van der Waals surface area contributed by atoms with Crippen molar-refractivity contribution < 1.29 is 27.6 Å². The van der Waals surface area contributed by atoms with Gasteiger partial charge in [-0.15, -0.1) is 0 Å². The fraction of sp³-hybridized carbons (Fsp3) is 0.576. The van der Waals surface area contributed by atoms with Gasteiger partial charge in [-0.3, -0.25) is 4.79 Å². The predicted molar refractivity (Wildman–Crippen MR) is 171 cm³/mol. The zero-order chi connectivity index (χ0) is 34.1. The van der Waals surface area contributed by atoms with E-state index in [0.717, 1.165) is 31.0 Å². The number of nitrogens with one attached hydrogen (secondary N) is 1. The van der Waals surface area contributed by atoms with E-state index < -0.39 is 35.3 Å². The maximum Gasteiger partial charge on any atom is 0.407 e.